The number of sulfone groups is 1. The number of carbonyl (C=O) groups excluding carboxylic acids is 2. The maximum atomic E-state index is 13.6. The molecule has 2 aromatic carbocycles. The lowest BCUT2D eigenvalue weighted by molar-refractivity contribution is -0.132. The molecule has 0 radical (unpaired) electrons. The Balaban J connectivity index is 1.53. The second-order valence-corrected chi connectivity index (χ2v) is 12.2. The minimum atomic E-state index is -4.02. The number of carbonyl (C=O) groups is 2. The highest BCUT2D eigenvalue weighted by Gasteiger charge is 2.56. The number of amides is 2. The van der Waals surface area contributed by atoms with Gasteiger partial charge in [-0.25, -0.2) is 17.2 Å². The molecule has 2 amide bonds. The monoisotopic (exact) mass is 556 g/mol. The van der Waals surface area contributed by atoms with Crippen LogP contribution in [0.5, 0.6) is 0 Å². The second-order valence-electron chi connectivity index (χ2n) is 9.58. The highest BCUT2D eigenvalue weighted by Crippen LogP contribution is 2.53. The van der Waals surface area contributed by atoms with E-state index in [1.807, 2.05) is 0 Å². The van der Waals surface area contributed by atoms with Gasteiger partial charge in [0.05, 0.1) is 33.8 Å². The summed E-state index contributed by atoms with van der Waals surface area (Å²) < 4.78 is 53.9. The summed E-state index contributed by atoms with van der Waals surface area (Å²) in [6.45, 7) is -0.157. The fraction of sp³-hybridized carbons (Fsp3) is 0.440. The minimum absolute atomic E-state index is 0.00516. The first-order valence-electron chi connectivity index (χ1n) is 11.9. The van der Waals surface area contributed by atoms with Crippen molar-refractivity contribution in [3.05, 3.63) is 58.6 Å². The predicted octanol–water partition coefficient (Wildman–Crippen LogP) is 3.06. The molecule has 0 spiro atoms. The summed E-state index contributed by atoms with van der Waals surface area (Å²) in [5.74, 6) is -4.18. The highest BCUT2D eigenvalue weighted by atomic mass is 35.5. The largest absolute Gasteiger partial charge is 0.395 e. The lowest BCUT2D eigenvalue weighted by Crippen LogP contribution is -2.50. The Morgan fingerprint density at radius 2 is 1.73 bits per heavy atom. The van der Waals surface area contributed by atoms with Crippen molar-refractivity contribution in [3.63, 3.8) is 0 Å². The molecule has 12 heteroatoms. The fourth-order valence-corrected chi connectivity index (χ4v) is 7.89. The van der Waals surface area contributed by atoms with E-state index in [0.29, 0.717) is 12.8 Å². The van der Waals surface area contributed by atoms with Crippen molar-refractivity contribution in [1.29, 1.82) is 0 Å². The average Bonchev–Trinajstić information content (AvgIpc) is 3.01. The molecule has 4 rings (SSSR count). The fourth-order valence-electron chi connectivity index (χ4n) is 5.49. The van der Waals surface area contributed by atoms with E-state index in [9.17, 15) is 31.9 Å². The van der Waals surface area contributed by atoms with Crippen molar-refractivity contribution in [1.82, 2.24) is 5.32 Å². The minimum Gasteiger partial charge on any atom is -0.395 e. The lowest BCUT2D eigenvalue weighted by Gasteiger charge is -2.42. The van der Waals surface area contributed by atoms with Crippen LogP contribution in [0.4, 0.5) is 14.5 Å². The van der Waals surface area contributed by atoms with E-state index in [1.165, 1.54) is 18.2 Å². The summed E-state index contributed by atoms with van der Waals surface area (Å²) in [6, 6.07) is 6.60. The number of hydrogen-bond acceptors (Lipinski definition) is 6. The highest BCUT2D eigenvalue weighted by molar-refractivity contribution is 7.92. The van der Waals surface area contributed by atoms with Crippen LogP contribution in [-0.2, 0) is 14.6 Å². The van der Waals surface area contributed by atoms with Crippen molar-refractivity contribution in [2.75, 3.05) is 18.5 Å². The summed E-state index contributed by atoms with van der Waals surface area (Å²) >= 11 is 6.24. The van der Waals surface area contributed by atoms with Crippen LogP contribution in [0.25, 0.3) is 0 Å². The Labute approximate surface area is 217 Å². The number of nitrogens with one attached hydrogen (secondary N) is 2. The molecule has 4 N–H and O–H groups in total. The van der Waals surface area contributed by atoms with Crippen LogP contribution in [0.15, 0.2) is 41.3 Å². The van der Waals surface area contributed by atoms with E-state index in [-0.39, 0.29) is 53.6 Å². The van der Waals surface area contributed by atoms with Crippen LogP contribution in [0, 0.1) is 23.5 Å². The van der Waals surface area contributed by atoms with E-state index in [1.54, 1.807) is 0 Å². The Morgan fingerprint density at radius 3 is 2.35 bits per heavy atom. The van der Waals surface area contributed by atoms with Gasteiger partial charge in [0.2, 0.25) is 5.91 Å². The summed E-state index contributed by atoms with van der Waals surface area (Å²) in [5.41, 5.74) is -1.38. The molecule has 0 heterocycles. The van der Waals surface area contributed by atoms with E-state index in [4.69, 9.17) is 16.7 Å². The van der Waals surface area contributed by atoms with E-state index >= 15 is 0 Å². The number of rotatable bonds is 8. The number of aliphatic hydroxyl groups excluding tert-OH is 1. The zero-order chi connectivity index (χ0) is 27.0. The zero-order valence-electron chi connectivity index (χ0n) is 19.7. The van der Waals surface area contributed by atoms with E-state index < -0.39 is 56.0 Å². The van der Waals surface area contributed by atoms with Crippen molar-refractivity contribution in [3.8, 4) is 0 Å². The zero-order valence-corrected chi connectivity index (χ0v) is 21.3. The van der Waals surface area contributed by atoms with Crippen LogP contribution in [0.3, 0.4) is 0 Å². The van der Waals surface area contributed by atoms with Crippen molar-refractivity contribution in [2.24, 2.45) is 11.8 Å². The molecule has 2 atom stereocenters. The number of benzene rings is 2. The first kappa shape index (κ1) is 27.4. The molecule has 37 heavy (non-hydrogen) atoms. The number of aliphatic hydroxyl groups is 2. The van der Waals surface area contributed by atoms with Gasteiger partial charge < -0.3 is 20.8 Å². The Hall–Kier alpha value is -2.60. The molecule has 0 saturated heterocycles. The smallest absolute Gasteiger partial charge is 0.255 e. The molecule has 2 fully saturated rings. The van der Waals surface area contributed by atoms with Gasteiger partial charge in [-0.3, -0.25) is 9.59 Å². The molecule has 2 aliphatic carbocycles. The van der Waals surface area contributed by atoms with Crippen LogP contribution in [0.1, 0.15) is 42.5 Å². The van der Waals surface area contributed by atoms with Gasteiger partial charge in [0.1, 0.15) is 0 Å². The number of hydrogen-bond donors (Lipinski definition) is 4. The van der Waals surface area contributed by atoms with E-state index in [2.05, 4.69) is 10.6 Å². The third-order valence-corrected chi connectivity index (χ3v) is 10.0. The SMILES string of the molecule is O=C(CC1(O)C2CCC1CC(S(=O)(=O)c1cc(C(=O)Nc3ccc(F)c(F)c3)ccc1Cl)C2)NCCO. The summed E-state index contributed by atoms with van der Waals surface area (Å²) in [5, 5.41) is 24.2. The van der Waals surface area contributed by atoms with Crippen LogP contribution < -0.4 is 10.6 Å². The van der Waals surface area contributed by atoms with Gasteiger partial charge in [-0.1, -0.05) is 11.6 Å². The molecule has 2 aliphatic rings. The summed E-state index contributed by atoms with van der Waals surface area (Å²) in [7, 11) is -4.02. The van der Waals surface area contributed by atoms with Crippen molar-refractivity contribution in [2.45, 2.75) is 47.9 Å². The third-order valence-electron chi connectivity index (χ3n) is 7.37. The Bertz CT molecular complexity index is 1310. The van der Waals surface area contributed by atoms with E-state index in [0.717, 1.165) is 18.2 Å². The topological polar surface area (TPSA) is 133 Å². The molecule has 2 saturated carbocycles. The normalized spacial score (nSPS) is 25.1. The average molecular weight is 557 g/mol. The quantitative estimate of drug-likeness (QED) is 0.395. The molecule has 0 aliphatic heterocycles. The lowest BCUT2D eigenvalue weighted by atomic mass is 9.72. The van der Waals surface area contributed by atoms with Crippen LogP contribution >= 0.6 is 11.6 Å². The number of halogens is 3. The molecule has 0 aromatic heterocycles. The van der Waals surface area contributed by atoms with Crippen molar-refractivity contribution >= 4 is 38.9 Å². The molecule has 2 unspecified atom stereocenters. The van der Waals surface area contributed by atoms with Gasteiger partial charge in [-0.15, -0.1) is 0 Å². The standard InChI is InChI=1S/C25H27ClF2N2O6S/c26-19-5-1-14(24(33)30-17-4-6-20(27)21(28)12-17)9-22(19)37(35,36)18-10-15-2-3-16(11-18)25(15,34)13-23(32)29-7-8-31/h1,4-6,9,12,15-16,18,31,34H,2-3,7-8,10-11,13H2,(H,29,32)(H,30,33). The second kappa shape index (κ2) is 10.6. The summed E-state index contributed by atoms with van der Waals surface area (Å²) in [6.07, 6.45) is 1.24. The first-order chi connectivity index (χ1) is 17.5. The van der Waals surface area contributed by atoms with Gasteiger partial charge >= 0.3 is 0 Å². The Morgan fingerprint density at radius 1 is 1.05 bits per heavy atom. The van der Waals surface area contributed by atoms with Crippen LogP contribution in [0.2, 0.25) is 5.02 Å². The summed E-state index contributed by atoms with van der Waals surface area (Å²) in [4.78, 5) is 24.7. The van der Waals surface area contributed by atoms with Crippen molar-refractivity contribution < 1.29 is 37.0 Å². The molecule has 2 bridgehead atoms. The first-order valence-corrected chi connectivity index (χ1v) is 13.8. The predicted molar refractivity (Wildman–Crippen MR) is 132 cm³/mol. The maximum absolute atomic E-state index is 13.6. The molecular formula is C25H27ClF2N2O6S. The third kappa shape index (κ3) is 5.50. The maximum Gasteiger partial charge on any atom is 0.255 e. The van der Waals surface area contributed by atoms with Gasteiger partial charge in [0, 0.05) is 23.9 Å². The number of fused-ring (bicyclic) bond motifs is 2. The van der Waals surface area contributed by atoms with Gasteiger partial charge in [-0.05, 0) is 67.9 Å². The Kier molecular flexibility index (Phi) is 7.89. The van der Waals surface area contributed by atoms with Crippen LogP contribution in [-0.4, -0.2) is 54.4 Å². The molecular weight excluding hydrogens is 530 g/mol. The molecule has 8 nitrogen and oxygen atoms in total. The molecule has 2 aromatic rings. The van der Waals surface area contributed by atoms with Gasteiger partial charge in [0.15, 0.2) is 21.5 Å². The van der Waals surface area contributed by atoms with Gasteiger partial charge in [0.25, 0.3) is 5.91 Å². The number of anilines is 1. The molecule has 200 valence electrons. The van der Waals surface area contributed by atoms with Gasteiger partial charge in [-0.2, -0.15) is 0 Å².